The van der Waals surface area contributed by atoms with Crippen LogP contribution in [0.2, 0.25) is 0 Å². The van der Waals surface area contributed by atoms with E-state index < -0.39 is 13.1 Å². The first-order chi connectivity index (χ1) is 37.2. The van der Waals surface area contributed by atoms with Crippen LogP contribution in [-0.2, 0) is 38.2 Å². The number of carboxylic acids is 1. The second kappa shape index (κ2) is 48.8. The standard InChI is InChI=1S/C21H22O3S.C18H18O2S.C5H11NOS.C5H11N.C3H5ClO.C3H6O2.C3H8O.CH3F.ClH/c1-2-21(23)25-13-7-12-20(22)24-14-19-17-10-5-3-8-15(17)16-9-4-6-11-18(16)19;19-18(10-5-11-21)20-12-17-15-8-3-1-6-13(15)14-7-2-4-9-16(14)17;1-2-5(7)8-4-3-6;1-2-4-6-5-3-1;2*1-2-3(4)5;1-2-3-4;1-2;/h3-6,8-11,19H,2,7,12-14H2,1H3;1-4,6-9,17,21H,5,10-12H2;2-4,6H2,1H3;6H,1-5H2;2H2,1H3;2H2,1H3,(H,4,5);4H,2-3H2,1H3;1H3;1H/i;;;;;;;1D;. The van der Waals surface area contributed by atoms with E-state index in [2.05, 4.69) is 78.6 Å². The van der Waals surface area contributed by atoms with Gasteiger partial charge in [0.1, 0.15) is 13.2 Å². The highest BCUT2D eigenvalue weighted by Crippen LogP contribution is 2.45. The van der Waals surface area contributed by atoms with E-state index in [0.717, 1.165) is 18.6 Å². The monoisotopic (exact) mass is 1170 g/mol. The summed E-state index contributed by atoms with van der Waals surface area (Å²) in [6, 6.07) is 33.3. The molecule has 5 N–H and O–H groups in total. The van der Waals surface area contributed by atoms with Crippen LogP contribution in [0.1, 0.15) is 147 Å². The Hall–Kier alpha value is -4.26. The Morgan fingerprint density at radius 2 is 1.00 bits per heavy atom. The van der Waals surface area contributed by atoms with Gasteiger partial charge in [-0.05, 0) is 107 Å². The normalized spacial score (nSPS) is 12.0. The van der Waals surface area contributed by atoms with Crippen LogP contribution >= 0.6 is 60.2 Å². The van der Waals surface area contributed by atoms with Gasteiger partial charge in [0.05, 0.1) is 8.52 Å². The molecule has 0 spiro atoms. The van der Waals surface area contributed by atoms with Gasteiger partial charge in [-0.2, -0.15) is 12.6 Å². The SMILES string of the molecule is C1CCNCC1.CCC(=O)Cl.CCC(=O)O.CCC(=O)SCCCC(=O)OCC1c2ccccc2-c2ccccc21.CCC(=O)SCCN.CCCO.Cl.O=C(CCCS)OCC1c2ccccc2-c2ccccc21.[2H]CF. The smallest absolute Gasteiger partial charge is 0.305 e. The van der Waals surface area contributed by atoms with Crippen molar-refractivity contribution in [3.05, 3.63) is 119 Å². The van der Waals surface area contributed by atoms with Gasteiger partial charge in [-0.3, -0.25) is 33.2 Å². The number of thioether (sulfide) groups is 2. The van der Waals surface area contributed by atoms with Gasteiger partial charge < -0.3 is 30.7 Å². The fourth-order valence-electron chi connectivity index (χ4n) is 7.18. The lowest BCUT2D eigenvalue weighted by atomic mass is 9.98. The van der Waals surface area contributed by atoms with Gasteiger partial charge >= 0.3 is 17.9 Å². The summed E-state index contributed by atoms with van der Waals surface area (Å²) in [7, 11) is -1.00. The Morgan fingerprint density at radius 1 is 0.662 bits per heavy atom. The molecule has 430 valence electrons. The molecule has 1 aliphatic heterocycles. The molecule has 2 aliphatic carbocycles. The summed E-state index contributed by atoms with van der Waals surface area (Å²) in [5.74, 6) is 1.33. The predicted molar refractivity (Wildman–Crippen MR) is 324 cm³/mol. The molecule has 1 heterocycles. The Balaban J connectivity index is 0. The molecule has 4 aromatic rings. The maximum absolute atomic E-state index is 12.0. The fraction of sp³-hybridized carbons (Fsp3) is 0.492. The predicted octanol–water partition coefficient (Wildman–Crippen LogP) is 13.3. The van der Waals surface area contributed by atoms with E-state index >= 15 is 0 Å². The van der Waals surface area contributed by atoms with Crippen LogP contribution < -0.4 is 11.1 Å². The summed E-state index contributed by atoms with van der Waals surface area (Å²) in [4.78, 5) is 64.4. The topological polar surface area (TPSA) is 199 Å². The minimum absolute atomic E-state index is 0. The number of benzene rings is 4. The van der Waals surface area contributed by atoms with Crippen molar-refractivity contribution < 1.29 is 54.2 Å². The number of alkyl halides is 1. The summed E-state index contributed by atoms with van der Waals surface area (Å²) in [5.41, 5.74) is 15.1. The minimum atomic E-state index is -1.00. The molecular weight excluding hydrogens is 1080 g/mol. The lowest BCUT2D eigenvalue weighted by molar-refractivity contribution is -0.144. The van der Waals surface area contributed by atoms with E-state index in [-0.39, 0.29) is 58.1 Å². The van der Waals surface area contributed by atoms with Crippen molar-refractivity contribution >= 4 is 93.5 Å². The van der Waals surface area contributed by atoms with Gasteiger partial charge in [0.15, 0.2) is 10.2 Å². The average molecular weight is 1170 g/mol. The number of aliphatic hydroxyl groups is 1. The molecular formula is C59H85Cl2FN2O10S3. The van der Waals surface area contributed by atoms with Crippen LogP contribution in [0.15, 0.2) is 97.1 Å². The molecule has 0 radical (unpaired) electrons. The van der Waals surface area contributed by atoms with Crippen LogP contribution in [-0.4, -0.2) is 107 Å². The second-order valence-corrected chi connectivity index (χ2v) is 19.9. The third-order valence-corrected chi connectivity index (χ3v) is 13.8. The van der Waals surface area contributed by atoms with E-state index in [4.69, 9.17) is 38.4 Å². The zero-order valence-electron chi connectivity index (χ0n) is 46.6. The number of hydrogen-bond donors (Lipinski definition) is 5. The van der Waals surface area contributed by atoms with Gasteiger partial charge in [0, 0.05) is 75.0 Å². The third kappa shape index (κ3) is 32.4. The fourth-order valence-corrected chi connectivity index (χ4v) is 8.61. The molecule has 0 bridgehead atoms. The number of carboxylic acid groups (broad SMARTS) is 1. The molecule has 0 atom stereocenters. The van der Waals surface area contributed by atoms with Crippen LogP contribution in [0.3, 0.4) is 0 Å². The number of aliphatic carboxylic acids is 1. The lowest BCUT2D eigenvalue weighted by Gasteiger charge is -2.14. The van der Waals surface area contributed by atoms with Crippen molar-refractivity contribution in [3.8, 4) is 22.3 Å². The number of nitrogens with one attached hydrogen (secondary N) is 1. The molecule has 1 saturated heterocycles. The molecule has 77 heavy (non-hydrogen) atoms. The number of esters is 2. The quantitative estimate of drug-likeness (QED) is 0.0273. The first kappa shape index (κ1) is 72.7. The summed E-state index contributed by atoms with van der Waals surface area (Å²) < 4.78 is 26.5. The summed E-state index contributed by atoms with van der Waals surface area (Å²) in [6.07, 6.45) is 9.14. The molecule has 1 fully saturated rings. The molecule has 3 aliphatic rings. The van der Waals surface area contributed by atoms with Gasteiger partial charge in [0.25, 0.3) is 0 Å². The van der Waals surface area contributed by atoms with Crippen molar-refractivity contribution in [3.63, 3.8) is 0 Å². The van der Waals surface area contributed by atoms with Crippen LogP contribution in [0.25, 0.3) is 22.3 Å². The molecule has 0 amide bonds. The first-order valence-corrected chi connectivity index (χ1v) is 29.0. The van der Waals surface area contributed by atoms with Gasteiger partial charge in [0.2, 0.25) is 5.24 Å². The van der Waals surface area contributed by atoms with Gasteiger partial charge in [-0.15, -0.1) is 12.4 Å². The van der Waals surface area contributed by atoms with Gasteiger partial charge in [-0.25, -0.2) is 0 Å². The van der Waals surface area contributed by atoms with Crippen molar-refractivity contribution in [2.24, 2.45) is 5.73 Å². The molecule has 12 nitrogen and oxygen atoms in total. The maximum atomic E-state index is 12.0. The Labute approximate surface area is 485 Å². The molecule has 0 saturated carbocycles. The van der Waals surface area contributed by atoms with Crippen molar-refractivity contribution in [1.29, 1.82) is 0 Å². The molecule has 0 unspecified atom stereocenters. The number of rotatable bonds is 18. The zero-order valence-corrected chi connectivity index (χ0v) is 49.7. The van der Waals surface area contributed by atoms with E-state index in [0.29, 0.717) is 76.4 Å². The number of aliphatic hydroxyl groups excluding tert-OH is 1. The van der Waals surface area contributed by atoms with Crippen molar-refractivity contribution in [2.45, 2.75) is 124 Å². The molecule has 18 heteroatoms. The number of carbonyl (C=O) groups is 6. The number of ether oxygens (including phenoxy) is 2. The highest BCUT2D eigenvalue weighted by molar-refractivity contribution is 8.13. The van der Waals surface area contributed by atoms with E-state index in [1.54, 1.807) is 13.8 Å². The second-order valence-electron chi connectivity index (χ2n) is 16.7. The van der Waals surface area contributed by atoms with E-state index in [1.165, 1.54) is 100 Å². The minimum Gasteiger partial charge on any atom is -0.481 e. The van der Waals surface area contributed by atoms with Crippen LogP contribution in [0, 0.1) is 0 Å². The molecule has 0 aromatic heterocycles. The average Bonchev–Trinajstić information content (AvgIpc) is 3.97. The summed E-state index contributed by atoms with van der Waals surface area (Å²) in [5, 5.41) is 19.0. The number of thiol groups is 1. The van der Waals surface area contributed by atoms with Crippen LogP contribution in [0.4, 0.5) is 4.39 Å². The zero-order chi connectivity index (χ0) is 57.6. The van der Waals surface area contributed by atoms with Crippen molar-refractivity contribution in [1.82, 2.24) is 5.32 Å². The number of halogens is 3. The summed E-state index contributed by atoms with van der Waals surface area (Å²) >= 11 is 11.5. The first-order valence-electron chi connectivity index (χ1n) is 26.8. The largest absolute Gasteiger partial charge is 0.481 e. The number of hydrogen-bond acceptors (Lipinski definition) is 14. The van der Waals surface area contributed by atoms with Crippen LogP contribution in [0.5, 0.6) is 0 Å². The molecule has 4 aromatic carbocycles. The highest BCUT2D eigenvalue weighted by atomic mass is 35.5. The van der Waals surface area contributed by atoms with Gasteiger partial charge in [-0.1, -0.05) is 162 Å². The third-order valence-electron chi connectivity index (χ3n) is 11.0. The molecule has 7 rings (SSSR count). The number of fused-ring (bicyclic) bond motifs is 6. The maximum Gasteiger partial charge on any atom is 0.305 e. The summed E-state index contributed by atoms with van der Waals surface area (Å²) in [6.45, 7) is 13.1. The Bertz CT molecular complexity index is 2160. The number of nitrogens with two attached hydrogens (primary N) is 1. The van der Waals surface area contributed by atoms with E-state index in [9.17, 15) is 33.2 Å². The Kier molecular flexibility index (Phi) is 46.1. The number of carbonyl (C=O) groups excluding carboxylic acids is 5. The lowest BCUT2D eigenvalue weighted by Crippen LogP contribution is -2.21. The van der Waals surface area contributed by atoms with Crippen molar-refractivity contribution in [2.75, 3.05) is 63.9 Å². The number of piperidine rings is 1. The van der Waals surface area contributed by atoms with E-state index in [1.807, 2.05) is 57.2 Å². The Morgan fingerprint density at radius 3 is 1.26 bits per heavy atom. The highest BCUT2D eigenvalue weighted by Gasteiger charge is 2.30.